The maximum atomic E-state index is 10.7. The third kappa shape index (κ3) is 2.62. The van der Waals surface area contributed by atoms with Crippen LogP contribution in [-0.2, 0) is 0 Å². The number of aliphatic hydroxyl groups is 1. The molecule has 0 aliphatic carbocycles. The third-order valence-electron chi connectivity index (χ3n) is 2.31. The second-order valence-electron chi connectivity index (χ2n) is 3.49. The van der Waals surface area contributed by atoms with Crippen molar-refractivity contribution in [3.8, 4) is 0 Å². The first-order valence-electron chi connectivity index (χ1n) is 4.74. The number of halogens is 1. The fourth-order valence-corrected chi connectivity index (χ4v) is 1.72. The summed E-state index contributed by atoms with van der Waals surface area (Å²) in [5.74, 6) is 0. The van der Waals surface area contributed by atoms with Gasteiger partial charge in [-0.15, -0.1) is 0 Å². The number of nitrogens with zero attached hydrogens (tertiary/aromatic N) is 2. The number of likely N-dealkylation sites (N-methyl/N-ethyl adjacent to an activating group) is 1. The lowest BCUT2D eigenvalue weighted by molar-refractivity contribution is -0.385. The van der Waals surface area contributed by atoms with E-state index >= 15 is 0 Å². The molecule has 1 aromatic carbocycles. The molecule has 0 saturated carbocycles. The van der Waals surface area contributed by atoms with Crippen molar-refractivity contribution in [2.24, 2.45) is 0 Å². The molecule has 0 spiro atoms. The lowest BCUT2D eigenvalue weighted by atomic mass is 10.1. The van der Waals surface area contributed by atoms with E-state index in [1.807, 2.05) is 0 Å². The molecule has 1 rings (SSSR count). The average molecular weight is 245 g/mol. The number of aliphatic hydroxyl groups excluding tert-OH is 1. The van der Waals surface area contributed by atoms with Gasteiger partial charge in [-0.1, -0.05) is 11.6 Å². The van der Waals surface area contributed by atoms with Crippen molar-refractivity contribution in [1.82, 2.24) is 0 Å². The molecule has 0 saturated heterocycles. The van der Waals surface area contributed by atoms with Gasteiger partial charge in [0, 0.05) is 25.2 Å². The van der Waals surface area contributed by atoms with Gasteiger partial charge in [-0.05, 0) is 13.0 Å². The highest BCUT2D eigenvalue weighted by atomic mass is 35.5. The Balaban J connectivity index is 3.15. The summed E-state index contributed by atoms with van der Waals surface area (Å²) >= 11 is 5.95. The normalized spacial score (nSPS) is 10.2. The minimum Gasteiger partial charge on any atom is -0.395 e. The van der Waals surface area contributed by atoms with Crippen LogP contribution in [0.4, 0.5) is 11.4 Å². The van der Waals surface area contributed by atoms with E-state index in [2.05, 4.69) is 0 Å². The molecule has 6 heteroatoms. The van der Waals surface area contributed by atoms with Crippen molar-refractivity contribution >= 4 is 23.0 Å². The smallest absolute Gasteiger partial charge is 0.273 e. The molecule has 0 atom stereocenters. The van der Waals surface area contributed by atoms with Gasteiger partial charge in [-0.3, -0.25) is 10.1 Å². The van der Waals surface area contributed by atoms with Crippen molar-refractivity contribution in [2.75, 3.05) is 25.1 Å². The van der Waals surface area contributed by atoms with Crippen molar-refractivity contribution in [2.45, 2.75) is 6.92 Å². The third-order valence-corrected chi connectivity index (χ3v) is 2.61. The quantitative estimate of drug-likeness (QED) is 0.650. The van der Waals surface area contributed by atoms with E-state index in [4.69, 9.17) is 16.7 Å². The Bertz CT molecular complexity index is 409. The molecule has 1 aromatic rings. The second-order valence-corrected chi connectivity index (χ2v) is 3.90. The number of aryl methyl sites for hydroxylation is 1. The molecule has 0 fully saturated rings. The monoisotopic (exact) mass is 244 g/mol. The molecule has 0 heterocycles. The number of nitro benzene ring substituents is 1. The highest BCUT2D eigenvalue weighted by molar-refractivity contribution is 6.33. The predicted octanol–water partition coefficient (Wildman–Crippen LogP) is 1.99. The van der Waals surface area contributed by atoms with Gasteiger partial charge in [0.25, 0.3) is 5.69 Å². The minimum absolute atomic E-state index is 0.00284. The van der Waals surface area contributed by atoms with Crippen LogP contribution < -0.4 is 4.90 Å². The van der Waals surface area contributed by atoms with Gasteiger partial charge in [0.1, 0.15) is 0 Å². The van der Waals surface area contributed by atoms with Crippen LogP contribution in [0, 0.1) is 17.0 Å². The van der Waals surface area contributed by atoms with Gasteiger partial charge < -0.3 is 10.0 Å². The largest absolute Gasteiger partial charge is 0.395 e. The van der Waals surface area contributed by atoms with E-state index in [0.29, 0.717) is 22.8 Å². The molecule has 0 radical (unpaired) electrons. The summed E-state index contributed by atoms with van der Waals surface area (Å²) in [5, 5.41) is 19.8. The first-order chi connectivity index (χ1) is 7.47. The Morgan fingerprint density at radius 1 is 1.56 bits per heavy atom. The van der Waals surface area contributed by atoms with Crippen LogP contribution in [0.1, 0.15) is 5.56 Å². The summed E-state index contributed by atoms with van der Waals surface area (Å²) in [6, 6.07) is 2.98. The second kappa shape index (κ2) is 5.14. The van der Waals surface area contributed by atoms with Gasteiger partial charge in [0.15, 0.2) is 0 Å². The molecule has 0 unspecified atom stereocenters. The maximum absolute atomic E-state index is 10.7. The van der Waals surface area contributed by atoms with Crippen molar-refractivity contribution in [3.05, 3.63) is 32.8 Å². The molecule has 0 aromatic heterocycles. The minimum atomic E-state index is -0.461. The maximum Gasteiger partial charge on any atom is 0.273 e. The summed E-state index contributed by atoms with van der Waals surface area (Å²) in [6.07, 6.45) is 0. The van der Waals surface area contributed by atoms with Crippen LogP contribution in [0.2, 0.25) is 5.02 Å². The van der Waals surface area contributed by atoms with Gasteiger partial charge >= 0.3 is 0 Å². The first-order valence-corrected chi connectivity index (χ1v) is 5.11. The van der Waals surface area contributed by atoms with E-state index in [0.717, 1.165) is 0 Å². The van der Waals surface area contributed by atoms with Gasteiger partial charge in [-0.25, -0.2) is 0 Å². The number of benzene rings is 1. The Morgan fingerprint density at radius 3 is 2.69 bits per heavy atom. The molecule has 16 heavy (non-hydrogen) atoms. The molecule has 0 aliphatic rings. The molecule has 0 amide bonds. The Hall–Kier alpha value is -1.33. The van der Waals surface area contributed by atoms with Crippen LogP contribution in [0.5, 0.6) is 0 Å². The standard InChI is InChI=1S/C10H13ClN2O3/c1-7-5-10(12(2)3-4-14)8(11)6-9(7)13(15)16/h5-6,14H,3-4H2,1-2H3. The van der Waals surface area contributed by atoms with E-state index in [-0.39, 0.29) is 12.3 Å². The number of nitro groups is 1. The van der Waals surface area contributed by atoms with Gasteiger partial charge in [-0.2, -0.15) is 0 Å². The molecular weight excluding hydrogens is 232 g/mol. The summed E-state index contributed by atoms with van der Waals surface area (Å²) in [6.45, 7) is 2.09. The lowest BCUT2D eigenvalue weighted by Gasteiger charge is -2.19. The topological polar surface area (TPSA) is 66.6 Å². The van der Waals surface area contributed by atoms with Gasteiger partial charge in [0.2, 0.25) is 0 Å². The fraction of sp³-hybridized carbons (Fsp3) is 0.400. The molecule has 0 aliphatic heterocycles. The van der Waals surface area contributed by atoms with Gasteiger partial charge in [0.05, 0.1) is 22.2 Å². The summed E-state index contributed by atoms with van der Waals surface area (Å²) in [5.41, 5.74) is 1.24. The zero-order chi connectivity index (χ0) is 12.3. The van der Waals surface area contributed by atoms with E-state index in [1.165, 1.54) is 6.07 Å². The van der Waals surface area contributed by atoms with Crippen molar-refractivity contribution in [3.63, 3.8) is 0 Å². The van der Waals surface area contributed by atoms with Crippen LogP contribution in [0.3, 0.4) is 0 Å². The zero-order valence-electron chi connectivity index (χ0n) is 9.11. The number of hydrogen-bond donors (Lipinski definition) is 1. The number of anilines is 1. The SMILES string of the molecule is Cc1cc(N(C)CCO)c(Cl)cc1[N+](=O)[O-]. The number of rotatable bonds is 4. The first kappa shape index (κ1) is 12.7. The lowest BCUT2D eigenvalue weighted by Crippen LogP contribution is -2.21. The van der Waals surface area contributed by atoms with E-state index in [9.17, 15) is 10.1 Å². The Labute approximate surface area is 98.4 Å². The molecule has 0 bridgehead atoms. The van der Waals surface area contributed by atoms with Crippen LogP contribution in [0.25, 0.3) is 0 Å². The molecule has 5 nitrogen and oxygen atoms in total. The summed E-state index contributed by atoms with van der Waals surface area (Å²) in [4.78, 5) is 12.0. The molecular formula is C10H13ClN2O3. The van der Waals surface area contributed by atoms with E-state index < -0.39 is 4.92 Å². The van der Waals surface area contributed by atoms with Crippen LogP contribution >= 0.6 is 11.6 Å². The highest BCUT2D eigenvalue weighted by Crippen LogP contribution is 2.32. The zero-order valence-corrected chi connectivity index (χ0v) is 9.86. The summed E-state index contributed by atoms with van der Waals surface area (Å²) < 4.78 is 0. The summed E-state index contributed by atoms with van der Waals surface area (Å²) in [7, 11) is 1.77. The van der Waals surface area contributed by atoms with Crippen molar-refractivity contribution < 1.29 is 10.0 Å². The Kier molecular flexibility index (Phi) is 4.09. The predicted molar refractivity (Wildman–Crippen MR) is 63.2 cm³/mol. The molecule has 88 valence electrons. The highest BCUT2D eigenvalue weighted by Gasteiger charge is 2.16. The average Bonchev–Trinajstić information content (AvgIpc) is 2.20. The van der Waals surface area contributed by atoms with Crippen LogP contribution in [-0.4, -0.2) is 30.2 Å². The molecule has 1 N–H and O–H groups in total. The van der Waals surface area contributed by atoms with Crippen molar-refractivity contribution in [1.29, 1.82) is 0 Å². The Morgan fingerprint density at radius 2 is 2.19 bits per heavy atom. The number of hydrogen-bond acceptors (Lipinski definition) is 4. The van der Waals surface area contributed by atoms with Crippen LogP contribution in [0.15, 0.2) is 12.1 Å². The fourth-order valence-electron chi connectivity index (χ4n) is 1.42. The van der Waals surface area contributed by atoms with E-state index in [1.54, 1.807) is 24.9 Å².